The van der Waals surface area contributed by atoms with Crippen LogP contribution in [0, 0.1) is 20.8 Å². The lowest BCUT2D eigenvalue weighted by atomic mass is 10.0. The van der Waals surface area contributed by atoms with Crippen molar-refractivity contribution in [3.63, 3.8) is 0 Å². The summed E-state index contributed by atoms with van der Waals surface area (Å²) < 4.78 is 58.4. The number of hydrogen-bond acceptors (Lipinski definition) is 8. The van der Waals surface area contributed by atoms with Gasteiger partial charge in [-0.1, -0.05) is 5.16 Å². The molecular weight excluding hydrogens is 475 g/mol. The Morgan fingerprint density at radius 2 is 1.89 bits per heavy atom. The van der Waals surface area contributed by atoms with E-state index in [0.29, 0.717) is 40.9 Å². The first-order valence-electron chi connectivity index (χ1n) is 12.0. The molecule has 0 amide bonds. The highest BCUT2D eigenvalue weighted by Crippen LogP contribution is 2.40. The molecule has 1 atom stereocenters. The van der Waals surface area contributed by atoms with Gasteiger partial charge in [-0.2, -0.15) is 13.2 Å². The lowest BCUT2D eigenvalue weighted by molar-refractivity contribution is -0.137. The van der Waals surface area contributed by atoms with Crippen LogP contribution in [0.4, 0.5) is 19.0 Å². The molecule has 2 aliphatic rings. The topological polar surface area (TPSA) is 97.6 Å². The van der Waals surface area contributed by atoms with Crippen LogP contribution in [0.2, 0.25) is 0 Å². The Bertz CT molecular complexity index is 1230. The molecule has 11 heteroatoms. The Labute approximate surface area is 206 Å². The van der Waals surface area contributed by atoms with Gasteiger partial charge in [0.05, 0.1) is 29.1 Å². The summed E-state index contributed by atoms with van der Waals surface area (Å²) in [4.78, 5) is 9.26. The van der Waals surface area contributed by atoms with E-state index in [1.54, 1.807) is 13.8 Å². The minimum atomic E-state index is -4.60. The van der Waals surface area contributed by atoms with Crippen molar-refractivity contribution in [2.24, 2.45) is 0 Å². The SMILES string of the molecule is Cc1noc(C)c1-c1nc(-c2cc(OC[C@H]3CO3)ccc2C(F)(F)F)nc(NC2CCNCC2)c1C. The van der Waals surface area contributed by atoms with Crippen molar-refractivity contribution in [3.05, 3.63) is 40.8 Å². The molecule has 2 fully saturated rings. The largest absolute Gasteiger partial charge is 0.491 e. The second-order valence-corrected chi connectivity index (χ2v) is 9.21. The highest BCUT2D eigenvalue weighted by molar-refractivity contribution is 5.75. The second kappa shape index (κ2) is 9.70. The molecule has 8 nitrogen and oxygen atoms in total. The number of aryl methyl sites for hydroxylation is 2. The number of halogens is 3. The zero-order valence-corrected chi connectivity index (χ0v) is 20.3. The summed E-state index contributed by atoms with van der Waals surface area (Å²) in [7, 11) is 0. The van der Waals surface area contributed by atoms with Crippen molar-refractivity contribution in [1.82, 2.24) is 20.4 Å². The van der Waals surface area contributed by atoms with Gasteiger partial charge in [0.15, 0.2) is 5.82 Å². The maximum Gasteiger partial charge on any atom is 0.417 e. The highest BCUT2D eigenvalue weighted by atomic mass is 19.4. The fourth-order valence-corrected chi connectivity index (χ4v) is 4.40. The quantitative estimate of drug-likeness (QED) is 0.449. The fraction of sp³-hybridized carbons (Fsp3) is 0.480. The van der Waals surface area contributed by atoms with Gasteiger partial charge in [-0.15, -0.1) is 0 Å². The van der Waals surface area contributed by atoms with E-state index in [4.69, 9.17) is 14.0 Å². The van der Waals surface area contributed by atoms with Crippen LogP contribution in [0.5, 0.6) is 5.75 Å². The van der Waals surface area contributed by atoms with Gasteiger partial charge in [0.1, 0.15) is 30.0 Å². The Hall–Kier alpha value is -3.18. The summed E-state index contributed by atoms with van der Waals surface area (Å²) in [6, 6.07) is 3.81. The molecule has 2 saturated heterocycles. The number of nitrogens with one attached hydrogen (secondary N) is 2. The summed E-state index contributed by atoms with van der Waals surface area (Å²) in [6.07, 6.45) is -2.88. The average Bonchev–Trinajstić information content (AvgIpc) is 3.62. The molecule has 0 unspecified atom stereocenters. The predicted molar refractivity (Wildman–Crippen MR) is 127 cm³/mol. The number of hydrogen-bond donors (Lipinski definition) is 2. The van der Waals surface area contributed by atoms with E-state index in [1.807, 2.05) is 6.92 Å². The summed E-state index contributed by atoms with van der Waals surface area (Å²) in [5.74, 6) is 1.27. The molecule has 36 heavy (non-hydrogen) atoms. The van der Waals surface area contributed by atoms with Gasteiger partial charge in [-0.25, -0.2) is 9.97 Å². The molecule has 4 heterocycles. The van der Waals surface area contributed by atoms with Gasteiger partial charge in [0.25, 0.3) is 0 Å². The van der Waals surface area contributed by atoms with E-state index in [2.05, 4.69) is 25.8 Å². The molecule has 5 rings (SSSR count). The van der Waals surface area contributed by atoms with Crippen LogP contribution in [0.3, 0.4) is 0 Å². The maximum atomic E-state index is 14.1. The molecule has 0 aliphatic carbocycles. The Morgan fingerprint density at radius 3 is 2.53 bits per heavy atom. The number of ether oxygens (including phenoxy) is 2. The predicted octanol–water partition coefficient (Wildman–Crippen LogP) is 4.68. The Kier molecular flexibility index (Phi) is 6.60. The average molecular weight is 504 g/mol. The van der Waals surface area contributed by atoms with Crippen LogP contribution in [0.1, 0.15) is 35.4 Å². The molecule has 2 N–H and O–H groups in total. The minimum Gasteiger partial charge on any atom is -0.491 e. The van der Waals surface area contributed by atoms with Gasteiger partial charge in [0, 0.05) is 17.2 Å². The number of piperidine rings is 1. The van der Waals surface area contributed by atoms with Crippen LogP contribution in [0.25, 0.3) is 22.6 Å². The first-order chi connectivity index (χ1) is 17.2. The van der Waals surface area contributed by atoms with Crippen molar-refractivity contribution in [2.45, 2.75) is 51.9 Å². The molecule has 0 saturated carbocycles. The first-order valence-corrected chi connectivity index (χ1v) is 12.0. The van der Waals surface area contributed by atoms with Crippen LogP contribution < -0.4 is 15.4 Å². The molecular formula is C25H28F3N5O3. The molecule has 3 aromatic rings. The Balaban J connectivity index is 1.65. The number of alkyl halides is 3. The van der Waals surface area contributed by atoms with Gasteiger partial charge in [-0.3, -0.25) is 0 Å². The normalized spacial score (nSPS) is 18.3. The van der Waals surface area contributed by atoms with Crippen LogP contribution in [0.15, 0.2) is 22.7 Å². The third-order valence-corrected chi connectivity index (χ3v) is 6.47. The van der Waals surface area contributed by atoms with E-state index in [1.165, 1.54) is 12.1 Å². The van der Waals surface area contributed by atoms with E-state index < -0.39 is 11.7 Å². The molecule has 2 aliphatic heterocycles. The third kappa shape index (κ3) is 5.17. The number of benzene rings is 1. The summed E-state index contributed by atoms with van der Waals surface area (Å²) in [6.45, 7) is 7.96. The van der Waals surface area contributed by atoms with E-state index in [0.717, 1.165) is 37.6 Å². The number of rotatable bonds is 7. The third-order valence-electron chi connectivity index (χ3n) is 6.47. The van der Waals surface area contributed by atoms with Crippen molar-refractivity contribution in [3.8, 4) is 28.4 Å². The number of anilines is 1. The maximum absolute atomic E-state index is 14.1. The number of aromatic nitrogens is 3. The smallest absolute Gasteiger partial charge is 0.417 e. The first kappa shape index (κ1) is 24.5. The van der Waals surface area contributed by atoms with Gasteiger partial charge in [-0.05, 0) is 64.9 Å². The fourth-order valence-electron chi connectivity index (χ4n) is 4.40. The monoisotopic (exact) mass is 503 g/mol. The number of nitrogens with zero attached hydrogens (tertiary/aromatic N) is 3. The lowest BCUT2D eigenvalue weighted by Crippen LogP contribution is -2.35. The van der Waals surface area contributed by atoms with E-state index in [9.17, 15) is 13.2 Å². The van der Waals surface area contributed by atoms with Crippen LogP contribution >= 0.6 is 0 Å². The van der Waals surface area contributed by atoms with Crippen molar-refractivity contribution < 1.29 is 27.2 Å². The van der Waals surface area contributed by atoms with Crippen LogP contribution in [-0.2, 0) is 10.9 Å². The molecule has 192 valence electrons. The van der Waals surface area contributed by atoms with Gasteiger partial charge in [0.2, 0.25) is 0 Å². The van der Waals surface area contributed by atoms with Crippen LogP contribution in [-0.4, -0.2) is 53.6 Å². The van der Waals surface area contributed by atoms with E-state index in [-0.39, 0.29) is 30.1 Å². The molecule has 0 spiro atoms. The summed E-state index contributed by atoms with van der Waals surface area (Å²) >= 11 is 0. The molecule has 0 radical (unpaired) electrons. The number of epoxide rings is 1. The summed E-state index contributed by atoms with van der Waals surface area (Å²) in [5, 5.41) is 10.8. The molecule has 2 aromatic heterocycles. The highest BCUT2D eigenvalue weighted by Gasteiger charge is 2.35. The van der Waals surface area contributed by atoms with Gasteiger partial charge >= 0.3 is 6.18 Å². The summed E-state index contributed by atoms with van der Waals surface area (Å²) in [5.41, 5.74) is 1.47. The van der Waals surface area contributed by atoms with Crippen molar-refractivity contribution >= 4 is 5.82 Å². The molecule has 0 bridgehead atoms. The second-order valence-electron chi connectivity index (χ2n) is 9.21. The Morgan fingerprint density at radius 1 is 1.14 bits per heavy atom. The minimum absolute atomic E-state index is 0.0294. The van der Waals surface area contributed by atoms with Crippen molar-refractivity contribution in [1.29, 1.82) is 0 Å². The van der Waals surface area contributed by atoms with Crippen molar-refractivity contribution in [2.75, 3.05) is 31.6 Å². The zero-order chi connectivity index (χ0) is 25.4. The lowest BCUT2D eigenvalue weighted by Gasteiger charge is -2.26. The molecule has 1 aromatic carbocycles. The van der Waals surface area contributed by atoms with E-state index >= 15 is 0 Å². The zero-order valence-electron chi connectivity index (χ0n) is 20.3. The standard InChI is InChI=1S/C25H28F3N5O3/c1-13-22(21-14(2)33-36-15(21)3)31-24(32-23(13)30-16-6-8-29-9-7-16)19-10-17(34-11-18-12-35-18)4-5-20(19)25(26,27)28/h4-5,10,16,18,29H,6-9,11-12H2,1-3H3,(H,30,31,32)/t18-/m0/s1. The van der Waals surface area contributed by atoms with Gasteiger partial charge < -0.3 is 24.6 Å².